The standard InChI is InChI=1S/C14H23N3O4/c15-12(18)7-11(14(20)21)17-13(19)10-6-5-8-3-1-2-4-9(8)16-10/h8-11,16H,1-7H2,(H2,15,18)(H,17,19)(H,20,21). The summed E-state index contributed by atoms with van der Waals surface area (Å²) in [6, 6.07) is -1.28. The molecular formula is C14H23N3O4. The summed E-state index contributed by atoms with van der Waals surface area (Å²) >= 11 is 0. The zero-order valence-electron chi connectivity index (χ0n) is 12.0. The van der Waals surface area contributed by atoms with Crippen molar-refractivity contribution >= 4 is 17.8 Å². The van der Waals surface area contributed by atoms with Crippen molar-refractivity contribution in [3.63, 3.8) is 0 Å². The van der Waals surface area contributed by atoms with Gasteiger partial charge in [0.2, 0.25) is 11.8 Å². The molecule has 2 aliphatic rings. The molecule has 2 fully saturated rings. The van der Waals surface area contributed by atoms with Crippen LogP contribution in [-0.4, -0.2) is 41.0 Å². The molecule has 0 aromatic heterocycles. The van der Waals surface area contributed by atoms with Crippen molar-refractivity contribution < 1.29 is 19.5 Å². The Morgan fingerprint density at radius 2 is 1.90 bits per heavy atom. The predicted octanol–water partition coefficient (Wildman–Crippen LogP) is -0.258. The SMILES string of the molecule is NC(=O)CC(NC(=O)C1CCC2CCCCC2N1)C(=O)O. The predicted molar refractivity (Wildman–Crippen MR) is 75.3 cm³/mol. The lowest BCUT2D eigenvalue weighted by molar-refractivity contribution is -0.143. The van der Waals surface area contributed by atoms with Gasteiger partial charge < -0.3 is 21.5 Å². The molecule has 5 N–H and O–H groups in total. The van der Waals surface area contributed by atoms with Crippen LogP contribution in [-0.2, 0) is 14.4 Å². The minimum absolute atomic E-state index is 0.350. The molecule has 0 aromatic rings. The van der Waals surface area contributed by atoms with E-state index in [-0.39, 0.29) is 18.4 Å². The summed E-state index contributed by atoms with van der Waals surface area (Å²) in [5.74, 6) is -1.71. The van der Waals surface area contributed by atoms with Gasteiger partial charge in [-0.3, -0.25) is 9.59 Å². The minimum atomic E-state index is -1.25. The number of amides is 2. The van der Waals surface area contributed by atoms with Crippen molar-refractivity contribution in [1.82, 2.24) is 10.6 Å². The topological polar surface area (TPSA) is 122 Å². The largest absolute Gasteiger partial charge is 0.480 e. The van der Waals surface area contributed by atoms with Gasteiger partial charge in [0, 0.05) is 6.04 Å². The van der Waals surface area contributed by atoms with Crippen molar-refractivity contribution in [3.8, 4) is 0 Å². The van der Waals surface area contributed by atoms with Gasteiger partial charge in [0.15, 0.2) is 0 Å². The second kappa shape index (κ2) is 6.89. The number of hydrogen-bond donors (Lipinski definition) is 4. The number of nitrogens with two attached hydrogens (primary N) is 1. The van der Waals surface area contributed by atoms with E-state index in [1.54, 1.807) is 0 Å². The van der Waals surface area contributed by atoms with Gasteiger partial charge in [-0.25, -0.2) is 4.79 Å². The van der Waals surface area contributed by atoms with Crippen molar-refractivity contribution in [2.24, 2.45) is 11.7 Å². The number of carbonyl (C=O) groups is 3. The summed E-state index contributed by atoms with van der Waals surface area (Å²) in [5, 5.41) is 14.8. The molecular weight excluding hydrogens is 274 g/mol. The number of fused-ring (bicyclic) bond motifs is 1. The molecule has 0 bridgehead atoms. The van der Waals surface area contributed by atoms with Crippen molar-refractivity contribution in [1.29, 1.82) is 0 Å². The van der Waals surface area contributed by atoms with Gasteiger partial charge in [0.1, 0.15) is 6.04 Å². The molecule has 118 valence electrons. The van der Waals surface area contributed by atoms with E-state index in [2.05, 4.69) is 10.6 Å². The molecule has 1 saturated carbocycles. The third-order valence-corrected chi connectivity index (χ3v) is 4.49. The first-order chi connectivity index (χ1) is 9.97. The van der Waals surface area contributed by atoms with Crippen LogP contribution in [0.4, 0.5) is 0 Å². The second-order valence-electron chi connectivity index (χ2n) is 6.02. The van der Waals surface area contributed by atoms with Gasteiger partial charge >= 0.3 is 5.97 Å². The Morgan fingerprint density at radius 1 is 1.19 bits per heavy atom. The Kier molecular flexibility index (Phi) is 5.17. The molecule has 1 saturated heterocycles. The highest BCUT2D eigenvalue weighted by Gasteiger charge is 2.35. The van der Waals surface area contributed by atoms with Crippen LogP contribution in [0, 0.1) is 5.92 Å². The average molecular weight is 297 g/mol. The highest BCUT2D eigenvalue weighted by Crippen LogP contribution is 2.32. The van der Waals surface area contributed by atoms with Gasteiger partial charge in [0.05, 0.1) is 12.5 Å². The molecule has 2 amide bonds. The second-order valence-corrected chi connectivity index (χ2v) is 6.02. The third kappa shape index (κ3) is 4.17. The van der Waals surface area contributed by atoms with E-state index in [0.29, 0.717) is 18.4 Å². The fourth-order valence-electron chi connectivity index (χ4n) is 3.38. The molecule has 4 atom stereocenters. The number of piperidine rings is 1. The highest BCUT2D eigenvalue weighted by atomic mass is 16.4. The Balaban J connectivity index is 1.90. The molecule has 7 heteroatoms. The zero-order chi connectivity index (χ0) is 15.4. The van der Waals surface area contributed by atoms with Crippen LogP contribution in [0.15, 0.2) is 0 Å². The molecule has 2 rings (SSSR count). The Labute approximate surface area is 123 Å². The smallest absolute Gasteiger partial charge is 0.326 e. The minimum Gasteiger partial charge on any atom is -0.480 e. The highest BCUT2D eigenvalue weighted by molar-refractivity contribution is 5.90. The van der Waals surface area contributed by atoms with E-state index in [0.717, 1.165) is 12.8 Å². The summed E-state index contributed by atoms with van der Waals surface area (Å²) in [4.78, 5) is 34.1. The van der Waals surface area contributed by atoms with Crippen molar-refractivity contribution in [2.75, 3.05) is 0 Å². The Morgan fingerprint density at radius 3 is 2.57 bits per heavy atom. The molecule has 1 heterocycles. The molecule has 0 spiro atoms. The zero-order valence-corrected chi connectivity index (χ0v) is 12.0. The number of nitrogens with one attached hydrogen (secondary N) is 2. The van der Waals surface area contributed by atoms with Crippen molar-refractivity contribution in [3.05, 3.63) is 0 Å². The summed E-state index contributed by atoms with van der Waals surface area (Å²) in [7, 11) is 0. The number of hydrogen-bond acceptors (Lipinski definition) is 4. The molecule has 0 aromatic carbocycles. The van der Waals surface area contributed by atoms with E-state index in [4.69, 9.17) is 10.8 Å². The maximum Gasteiger partial charge on any atom is 0.326 e. The fourth-order valence-corrected chi connectivity index (χ4v) is 3.38. The van der Waals surface area contributed by atoms with Gasteiger partial charge in [-0.1, -0.05) is 12.8 Å². The number of carboxylic acids is 1. The monoisotopic (exact) mass is 297 g/mol. The van der Waals surface area contributed by atoms with Gasteiger partial charge in [-0.2, -0.15) is 0 Å². The quantitative estimate of drug-likeness (QED) is 0.557. The summed E-state index contributed by atoms with van der Waals surface area (Å²) in [6.45, 7) is 0. The molecule has 21 heavy (non-hydrogen) atoms. The van der Waals surface area contributed by atoms with Crippen LogP contribution in [0.3, 0.4) is 0 Å². The Hall–Kier alpha value is -1.63. The number of aliphatic carboxylic acids is 1. The van der Waals surface area contributed by atoms with Crippen LogP contribution in [0.25, 0.3) is 0 Å². The van der Waals surface area contributed by atoms with Crippen LogP contribution >= 0.6 is 0 Å². The van der Waals surface area contributed by atoms with Crippen LogP contribution in [0.2, 0.25) is 0 Å². The van der Waals surface area contributed by atoms with E-state index >= 15 is 0 Å². The first-order valence-corrected chi connectivity index (χ1v) is 7.55. The van der Waals surface area contributed by atoms with Crippen LogP contribution in [0.5, 0.6) is 0 Å². The molecule has 0 radical (unpaired) electrons. The molecule has 1 aliphatic heterocycles. The number of carbonyl (C=O) groups excluding carboxylic acids is 2. The fraction of sp³-hybridized carbons (Fsp3) is 0.786. The number of primary amides is 1. The van der Waals surface area contributed by atoms with E-state index in [1.807, 2.05) is 0 Å². The lowest BCUT2D eigenvalue weighted by Crippen LogP contribution is -2.57. The van der Waals surface area contributed by atoms with E-state index < -0.39 is 17.9 Å². The summed E-state index contributed by atoms with van der Waals surface area (Å²) in [6.07, 6.45) is 5.99. The Bertz CT molecular complexity index is 426. The normalized spacial score (nSPS) is 30.0. The lowest BCUT2D eigenvalue weighted by Gasteiger charge is -2.40. The molecule has 4 unspecified atom stereocenters. The van der Waals surface area contributed by atoms with Crippen molar-refractivity contribution in [2.45, 2.75) is 63.1 Å². The maximum atomic E-state index is 12.2. The molecule has 7 nitrogen and oxygen atoms in total. The van der Waals surface area contributed by atoms with Gasteiger partial charge in [-0.15, -0.1) is 0 Å². The third-order valence-electron chi connectivity index (χ3n) is 4.49. The molecule has 1 aliphatic carbocycles. The van der Waals surface area contributed by atoms with Crippen LogP contribution in [0.1, 0.15) is 44.9 Å². The van der Waals surface area contributed by atoms with Gasteiger partial charge in [0.25, 0.3) is 0 Å². The van der Waals surface area contributed by atoms with Gasteiger partial charge in [-0.05, 0) is 31.6 Å². The van der Waals surface area contributed by atoms with E-state index in [9.17, 15) is 14.4 Å². The maximum absolute atomic E-state index is 12.2. The average Bonchev–Trinajstić information content (AvgIpc) is 2.45. The first kappa shape index (κ1) is 15.8. The number of rotatable bonds is 5. The number of carboxylic acid groups (broad SMARTS) is 1. The lowest BCUT2D eigenvalue weighted by atomic mass is 9.77. The summed E-state index contributed by atoms with van der Waals surface area (Å²) < 4.78 is 0. The van der Waals surface area contributed by atoms with Crippen LogP contribution < -0.4 is 16.4 Å². The van der Waals surface area contributed by atoms with E-state index in [1.165, 1.54) is 19.3 Å². The summed E-state index contributed by atoms with van der Waals surface area (Å²) in [5.41, 5.74) is 5.00. The first-order valence-electron chi connectivity index (χ1n) is 7.55.